The number of carboxylic acids is 1. The molecule has 0 saturated heterocycles. The largest absolute Gasteiger partial charge is 0.495 e. The monoisotopic (exact) mass is 326 g/mol. The molecule has 1 aliphatic rings. The molecular formula is C15H19BrO3. The number of methoxy groups -OCH3 is 1. The number of hydrogen-bond donors (Lipinski definition) is 1. The van der Waals surface area contributed by atoms with Gasteiger partial charge in [0.2, 0.25) is 0 Å². The second-order valence-electron chi connectivity index (χ2n) is 5.30. The van der Waals surface area contributed by atoms with Crippen molar-refractivity contribution < 1.29 is 14.6 Å². The number of hydrogen-bond acceptors (Lipinski definition) is 2. The van der Waals surface area contributed by atoms with E-state index in [1.54, 1.807) is 7.11 Å². The van der Waals surface area contributed by atoms with E-state index in [1.165, 1.54) is 0 Å². The van der Waals surface area contributed by atoms with E-state index in [1.807, 2.05) is 19.9 Å². The maximum atomic E-state index is 11.9. The van der Waals surface area contributed by atoms with Crippen LogP contribution in [0.5, 0.6) is 5.75 Å². The van der Waals surface area contributed by atoms with Crippen molar-refractivity contribution in [1.82, 2.24) is 0 Å². The third kappa shape index (κ3) is 2.16. The van der Waals surface area contributed by atoms with Crippen LogP contribution in [0.15, 0.2) is 10.5 Å². The average molecular weight is 327 g/mol. The lowest BCUT2D eigenvalue weighted by atomic mass is 9.75. The van der Waals surface area contributed by atoms with Gasteiger partial charge >= 0.3 is 5.97 Å². The number of aliphatic carboxylic acids is 1. The number of benzene rings is 1. The van der Waals surface area contributed by atoms with E-state index in [4.69, 9.17) is 4.74 Å². The summed E-state index contributed by atoms with van der Waals surface area (Å²) in [6.45, 7) is 4.00. The maximum absolute atomic E-state index is 11.9. The first-order chi connectivity index (χ1) is 8.94. The summed E-state index contributed by atoms with van der Waals surface area (Å²) in [4.78, 5) is 11.9. The summed E-state index contributed by atoms with van der Waals surface area (Å²) in [5.41, 5.74) is 2.19. The molecule has 0 unspecified atom stereocenters. The molecule has 0 radical (unpaired) electrons. The molecule has 1 aromatic carbocycles. The Balaban J connectivity index is 2.76. The second-order valence-corrected chi connectivity index (χ2v) is 6.16. The molecule has 1 aliphatic carbocycles. The van der Waals surface area contributed by atoms with Crippen LogP contribution in [0.1, 0.15) is 42.4 Å². The third-order valence-electron chi connectivity index (χ3n) is 4.30. The predicted octanol–water partition coefficient (Wildman–Crippen LogP) is 3.97. The molecule has 2 rings (SSSR count). The van der Waals surface area contributed by atoms with Crippen LogP contribution in [0, 0.1) is 13.8 Å². The van der Waals surface area contributed by atoms with E-state index in [-0.39, 0.29) is 0 Å². The Morgan fingerprint density at radius 3 is 2.42 bits per heavy atom. The van der Waals surface area contributed by atoms with Crippen LogP contribution >= 0.6 is 15.9 Å². The van der Waals surface area contributed by atoms with E-state index in [0.717, 1.165) is 34.0 Å². The lowest BCUT2D eigenvalue weighted by Crippen LogP contribution is -2.34. The van der Waals surface area contributed by atoms with Gasteiger partial charge in [-0.25, -0.2) is 0 Å². The lowest BCUT2D eigenvalue weighted by Gasteiger charge is -2.29. The van der Waals surface area contributed by atoms with E-state index >= 15 is 0 Å². The first-order valence-corrected chi connectivity index (χ1v) is 7.31. The Bertz CT molecular complexity index is 517. The summed E-state index contributed by atoms with van der Waals surface area (Å²) in [6, 6.07) is 1.99. The number of ether oxygens (including phenoxy) is 1. The first kappa shape index (κ1) is 14.4. The fourth-order valence-corrected chi connectivity index (χ4v) is 3.88. The first-order valence-electron chi connectivity index (χ1n) is 6.51. The zero-order chi connectivity index (χ0) is 14.2. The molecule has 19 heavy (non-hydrogen) atoms. The molecule has 1 fully saturated rings. The van der Waals surface area contributed by atoms with Crippen LogP contribution in [0.2, 0.25) is 0 Å². The Labute approximate surface area is 122 Å². The molecular weight excluding hydrogens is 308 g/mol. The lowest BCUT2D eigenvalue weighted by molar-refractivity contribution is -0.143. The summed E-state index contributed by atoms with van der Waals surface area (Å²) < 4.78 is 6.32. The standard InChI is InChI=1S/C15H19BrO3/c1-9-8-11(16)13(19-3)12(10(9)2)15(14(17)18)6-4-5-7-15/h8H,4-7H2,1-3H3,(H,17,18). The van der Waals surface area contributed by atoms with Crippen molar-refractivity contribution in [2.75, 3.05) is 7.11 Å². The number of rotatable bonds is 3. The topological polar surface area (TPSA) is 46.5 Å². The van der Waals surface area contributed by atoms with E-state index in [2.05, 4.69) is 15.9 Å². The fraction of sp³-hybridized carbons (Fsp3) is 0.533. The molecule has 0 spiro atoms. The van der Waals surface area contributed by atoms with Gasteiger partial charge in [-0.05, 0) is 59.8 Å². The fourth-order valence-electron chi connectivity index (χ4n) is 3.18. The summed E-state index contributed by atoms with van der Waals surface area (Å²) >= 11 is 3.49. The van der Waals surface area contributed by atoms with Crippen LogP contribution in [-0.2, 0) is 10.2 Å². The molecule has 104 valence electrons. The van der Waals surface area contributed by atoms with Gasteiger partial charge < -0.3 is 9.84 Å². The van der Waals surface area contributed by atoms with Crippen LogP contribution in [-0.4, -0.2) is 18.2 Å². The van der Waals surface area contributed by atoms with Gasteiger partial charge in [0.05, 0.1) is 17.0 Å². The van der Waals surface area contributed by atoms with Crippen LogP contribution in [0.25, 0.3) is 0 Å². The van der Waals surface area contributed by atoms with Crippen molar-refractivity contribution in [2.24, 2.45) is 0 Å². The Morgan fingerprint density at radius 2 is 1.95 bits per heavy atom. The van der Waals surface area contributed by atoms with Crippen molar-refractivity contribution in [3.63, 3.8) is 0 Å². The molecule has 3 nitrogen and oxygen atoms in total. The summed E-state index contributed by atoms with van der Waals surface area (Å²) in [7, 11) is 1.60. The van der Waals surface area contributed by atoms with Crippen molar-refractivity contribution in [3.05, 3.63) is 27.2 Å². The Hall–Kier alpha value is -1.03. The zero-order valence-electron chi connectivity index (χ0n) is 11.5. The van der Waals surface area contributed by atoms with Crippen molar-refractivity contribution in [1.29, 1.82) is 0 Å². The van der Waals surface area contributed by atoms with Gasteiger partial charge in [-0.2, -0.15) is 0 Å². The van der Waals surface area contributed by atoms with Gasteiger partial charge in [-0.15, -0.1) is 0 Å². The molecule has 1 saturated carbocycles. The molecule has 0 bridgehead atoms. The third-order valence-corrected chi connectivity index (χ3v) is 4.89. The highest BCUT2D eigenvalue weighted by Crippen LogP contribution is 2.49. The highest BCUT2D eigenvalue weighted by atomic mass is 79.9. The highest BCUT2D eigenvalue weighted by molar-refractivity contribution is 9.10. The molecule has 1 N–H and O–H groups in total. The normalized spacial score (nSPS) is 17.5. The van der Waals surface area contributed by atoms with Crippen molar-refractivity contribution in [3.8, 4) is 5.75 Å². The predicted molar refractivity (Wildman–Crippen MR) is 77.9 cm³/mol. The molecule has 1 aromatic rings. The van der Waals surface area contributed by atoms with Crippen molar-refractivity contribution in [2.45, 2.75) is 44.9 Å². The van der Waals surface area contributed by atoms with E-state index in [9.17, 15) is 9.90 Å². The van der Waals surface area contributed by atoms with Gasteiger partial charge in [-0.3, -0.25) is 4.79 Å². The average Bonchev–Trinajstić information content (AvgIpc) is 2.83. The van der Waals surface area contributed by atoms with Gasteiger partial charge in [0, 0.05) is 5.56 Å². The second kappa shape index (κ2) is 5.16. The molecule has 0 heterocycles. The van der Waals surface area contributed by atoms with Crippen LogP contribution < -0.4 is 4.74 Å². The summed E-state index contributed by atoms with van der Waals surface area (Å²) in [5.74, 6) is -0.0590. The Morgan fingerprint density at radius 1 is 1.37 bits per heavy atom. The summed E-state index contributed by atoms with van der Waals surface area (Å²) in [6.07, 6.45) is 3.30. The van der Waals surface area contributed by atoms with Crippen LogP contribution in [0.3, 0.4) is 0 Å². The maximum Gasteiger partial charge on any atom is 0.314 e. The SMILES string of the molecule is COc1c(Br)cc(C)c(C)c1C1(C(=O)O)CCCC1. The highest BCUT2D eigenvalue weighted by Gasteiger charge is 2.46. The van der Waals surface area contributed by atoms with E-state index < -0.39 is 11.4 Å². The van der Waals surface area contributed by atoms with Crippen LogP contribution in [0.4, 0.5) is 0 Å². The minimum Gasteiger partial charge on any atom is -0.495 e. The molecule has 0 aromatic heterocycles. The Kier molecular flexibility index (Phi) is 3.90. The molecule has 0 amide bonds. The van der Waals surface area contributed by atoms with E-state index in [0.29, 0.717) is 18.6 Å². The van der Waals surface area contributed by atoms with Crippen molar-refractivity contribution >= 4 is 21.9 Å². The number of halogens is 1. The minimum absolute atomic E-state index is 0.674. The van der Waals surface area contributed by atoms with Gasteiger partial charge in [-0.1, -0.05) is 12.8 Å². The number of carbonyl (C=O) groups is 1. The number of carboxylic acid groups (broad SMARTS) is 1. The number of aryl methyl sites for hydroxylation is 1. The minimum atomic E-state index is -0.788. The smallest absolute Gasteiger partial charge is 0.314 e. The summed E-state index contributed by atoms with van der Waals surface area (Å²) in [5, 5.41) is 9.77. The molecule has 0 aliphatic heterocycles. The van der Waals surface area contributed by atoms with Gasteiger partial charge in [0.1, 0.15) is 5.75 Å². The molecule has 4 heteroatoms. The van der Waals surface area contributed by atoms with Gasteiger partial charge in [0.15, 0.2) is 0 Å². The quantitative estimate of drug-likeness (QED) is 0.914. The zero-order valence-corrected chi connectivity index (χ0v) is 13.1. The van der Waals surface area contributed by atoms with Gasteiger partial charge in [0.25, 0.3) is 0 Å². The molecule has 0 atom stereocenters.